The van der Waals surface area contributed by atoms with Crippen molar-refractivity contribution in [2.24, 2.45) is 0 Å². The SMILES string of the molecule is COC1CCCC(N(C)CC(O)C(Cc2ccccc2)NC(=O)c2cc(C(=O)NC(C)c3ccccc3)cc(N(C)S(C)(=O)=O)c2)C1. The standard InChI is InChI=1S/C36H48N4O6S/c1-25(27-15-10-7-11-16-27)37-35(42)28-20-29(22-31(21-28)40(3)47(5,44)45)36(43)38-33(19-26-13-8-6-9-14-26)34(41)24-39(2)30-17-12-18-32(23-30)46-4/h6-11,13-16,20-22,25,30,32-34,41H,12,17-19,23-24H2,1-5H3,(H,37,42)(H,38,43). The maximum Gasteiger partial charge on any atom is 0.251 e. The largest absolute Gasteiger partial charge is 0.390 e. The summed E-state index contributed by atoms with van der Waals surface area (Å²) in [6.07, 6.45) is 4.66. The van der Waals surface area contributed by atoms with E-state index in [2.05, 4.69) is 15.5 Å². The zero-order valence-electron chi connectivity index (χ0n) is 27.9. The van der Waals surface area contributed by atoms with Crippen molar-refractivity contribution in [3.8, 4) is 0 Å². The van der Waals surface area contributed by atoms with Gasteiger partial charge in [-0.15, -0.1) is 0 Å². The molecule has 254 valence electrons. The van der Waals surface area contributed by atoms with Gasteiger partial charge in [-0.05, 0) is 75.4 Å². The average Bonchev–Trinajstić information content (AvgIpc) is 3.07. The molecule has 10 nitrogen and oxygen atoms in total. The molecule has 5 atom stereocenters. The van der Waals surface area contributed by atoms with Gasteiger partial charge in [-0.1, -0.05) is 60.7 Å². The molecule has 1 fully saturated rings. The highest BCUT2D eigenvalue weighted by Gasteiger charge is 2.30. The lowest BCUT2D eigenvalue weighted by molar-refractivity contribution is 0.0155. The Morgan fingerprint density at radius 3 is 2.13 bits per heavy atom. The number of hydrogen-bond acceptors (Lipinski definition) is 7. The fraction of sp³-hybridized carbons (Fsp3) is 0.444. The number of carbonyl (C=O) groups excluding carboxylic acids is 2. The molecule has 1 saturated carbocycles. The van der Waals surface area contributed by atoms with Gasteiger partial charge in [0.05, 0.1) is 36.2 Å². The summed E-state index contributed by atoms with van der Waals surface area (Å²) in [5.74, 6) is -0.984. The second-order valence-electron chi connectivity index (χ2n) is 12.6. The Labute approximate surface area is 279 Å². The summed E-state index contributed by atoms with van der Waals surface area (Å²) >= 11 is 0. The van der Waals surface area contributed by atoms with Crippen LogP contribution in [0.3, 0.4) is 0 Å². The van der Waals surface area contributed by atoms with E-state index in [-0.39, 0.29) is 35.0 Å². The fourth-order valence-corrected chi connectivity index (χ4v) is 6.55. The van der Waals surface area contributed by atoms with Crippen LogP contribution >= 0.6 is 0 Å². The second kappa shape index (κ2) is 16.4. The number of rotatable bonds is 14. The predicted octanol–water partition coefficient (Wildman–Crippen LogP) is 4.16. The molecular weight excluding hydrogens is 616 g/mol. The van der Waals surface area contributed by atoms with E-state index in [1.165, 1.54) is 25.2 Å². The molecule has 4 rings (SSSR count). The number of aliphatic hydroxyl groups is 1. The summed E-state index contributed by atoms with van der Waals surface area (Å²) in [7, 11) is 1.39. The van der Waals surface area contributed by atoms with Crippen molar-refractivity contribution in [1.29, 1.82) is 0 Å². The highest BCUT2D eigenvalue weighted by molar-refractivity contribution is 7.92. The molecule has 3 aromatic carbocycles. The Balaban J connectivity index is 1.60. The van der Waals surface area contributed by atoms with Gasteiger partial charge in [0.25, 0.3) is 11.8 Å². The maximum absolute atomic E-state index is 13.9. The molecule has 0 radical (unpaired) electrons. The molecule has 0 aliphatic heterocycles. The lowest BCUT2D eigenvalue weighted by Crippen LogP contribution is -2.51. The summed E-state index contributed by atoms with van der Waals surface area (Å²) in [5, 5.41) is 17.5. The van der Waals surface area contributed by atoms with Gasteiger partial charge in [-0.2, -0.15) is 0 Å². The summed E-state index contributed by atoms with van der Waals surface area (Å²) in [6, 6.07) is 22.7. The van der Waals surface area contributed by atoms with Crippen molar-refractivity contribution in [1.82, 2.24) is 15.5 Å². The van der Waals surface area contributed by atoms with Gasteiger partial charge >= 0.3 is 0 Å². The van der Waals surface area contributed by atoms with Crippen LogP contribution in [0, 0.1) is 0 Å². The van der Waals surface area contributed by atoms with Crippen molar-refractivity contribution in [2.45, 2.75) is 69.4 Å². The number of benzene rings is 3. The second-order valence-corrected chi connectivity index (χ2v) is 14.6. The summed E-state index contributed by atoms with van der Waals surface area (Å²) in [4.78, 5) is 29.5. The van der Waals surface area contributed by atoms with Crippen LogP contribution in [-0.4, -0.2) is 88.5 Å². The minimum absolute atomic E-state index is 0.101. The number of aliphatic hydroxyl groups excluding tert-OH is 1. The van der Waals surface area contributed by atoms with E-state index in [0.717, 1.165) is 47.4 Å². The molecule has 1 aliphatic carbocycles. The number of sulfonamides is 1. The van der Waals surface area contributed by atoms with E-state index in [1.54, 1.807) is 7.11 Å². The molecule has 0 spiro atoms. The van der Waals surface area contributed by atoms with Crippen LogP contribution in [0.5, 0.6) is 0 Å². The van der Waals surface area contributed by atoms with Crippen molar-refractivity contribution in [3.63, 3.8) is 0 Å². The van der Waals surface area contributed by atoms with E-state index < -0.39 is 34.0 Å². The monoisotopic (exact) mass is 664 g/mol. The Hall–Kier alpha value is -3.77. The molecule has 0 aromatic heterocycles. The highest BCUT2D eigenvalue weighted by atomic mass is 32.2. The highest BCUT2D eigenvalue weighted by Crippen LogP contribution is 2.25. The van der Waals surface area contributed by atoms with E-state index in [9.17, 15) is 23.1 Å². The molecule has 0 heterocycles. The van der Waals surface area contributed by atoms with E-state index in [1.807, 2.05) is 74.6 Å². The smallest absolute Gasteiger partial charge is 0.251 e. The fourth-order valence-electron chi connectivity index (χ4n) is 6.06. The number of hydrogen-bond donors (Lipinski definition) is 3. The Bertz CT molecular complexity index is 1590. The molecule has 3 N–H and O–H groups in total. The van der Waals surface area contributed by atoms with Gasteiger partial charge in [-0.25, -0.2) is 8.42 Å². The van der Waals surface area contributed by atoms with Crippen molar-refractivity contribution >= 4 is 27.5 Å². The third-order valence-electron chi connectivity index (χ3n) is 9.06. The van der Waals surface area contributed by atoms with Crippen LogP contribution in [0.15, 0.2) is 78.9 Å². The van der Waals surface area contributed by atoms with Crippen LogP contribution in [0.25, 0.3) is 0 Å². The van der Waals surface area contributed by atoms with Crippen LogP contribution in [0.2, 0.25) is 0 Å². The molecule has 47 heavy (non-hydrogen) atoms. The average molecular weight is 665 g/mol. The predicted molar refractivity (Wildman–Crippen MR) is 185 cm³/mol. The molecule has 1 aliphatic rings. The lowest BCUT2D eigenvalue weighted by atomic mass is 9.91. The minimum Gasteiger partial charge on any atom is -0.390 e. The van der Waals surface area contributed by atoms with Gasteiger partial charge in [-0.3, -0.25) is 13.9 Å². The molecule has 2 amide bonds. The zero-order chi connectivity index (χ0) is 34.1. The third-order valence-corrected chi connectivity index (χ3v) is 10.3. The summed E-state index contributed by atoms with van der Waals surface area (Å²) in [5.41, 5.74) is 2.25. The number of nitrogens with zero attached hydrogens (tertiary/aromatic N) is 2. The Morgan fingerprint density at radius 2 is 1.53 bits per heavy atom. The van der Waals surface area contributed by atoms with Crippen molar-refractivity contribution in [3.05, 3.63) is 101 Å². The molecular formula is C36H48N4O6S. The molecule has 5 unspecified atom stereocenters. The number of amides is 2. The number of anilines is 1. The first-order valence-corrected chi connectivity index (χ1v) is 17.9. The van der Waals surface area contributed by atoms with Gasteiger partial charge < -0.3 is 25.4 Å². The van der Waals surface area contributed by atoms with Crippen LogP contribution in [0.4, 0.5) is 5.69 Å². The van der Waals surface area contributed by atoms with Gasteiger partial charge in [0.2, 0.25) is 10.0 Å². The Kier molecular flexibility index (Phi) is 12.6. The topological polar surface area (TPSA) is 128 Å². The van der Waals surface area contributed by atoms with Crippen LogP contribution in [0.1, 0.15) is 70.5 Å². The van der Waals surface area contributed by atoms with Crippen LogP contribution in [-0.2, 0) is 21.2 Å². The molecule has 11 heteroatoms. The van der Waals surface area contributed by atoms with E-state index >= 15 is 0 Å². The first-order valence-electron chi connectivity index (χ1n) is 16.1. The zero-order valence-corrected chi connectivity index (χ0v) is 28.7. The molecule has 0 saturated heterocycles. The molecule has 0 bridgehead atoms. The number of ether oxygens (including phenoxy) is 1. The quantitative estimate of drug-likeness (QED) is 0.236. The van der Waals surface area contributed by atoms with Crippen molar-refractivity contribution < 1.29 is 27.9 Å². The molecule has 3 aromatic rings. The third kappa shape index (κ3) is 10.1. The summed E-state index contributed by atoms with van der Waals surface area (Å²) in [6.45, 7) is 2.18. The van der Waals surface area contributed by atoms with Gasteiger partial charge in [0.15, 0.2) is 0 Å². The van der Waals surface area contributed by atoms with E-state index in [4.69, 9.17) is 4.74 Å². The normalized spacial score (nSPS) is 18.6. The van der Waals surface area contributed by atoms with E-state index in [0.29, 0.717) is 13.0 Å². The number of likely N-dealkylation sites (N-methyl/N-ethyl adjacent to an activating group) is 1. The first-order chi connectivity index (χ1) is 22.3. The maximum atomic E-state index is 13.9. The van der Waals surface area contributed by atoms with Gasteiger partial charge in [0.1, 0.15) is 0 Å². The summed E-state index contributed by atoms with van der Waals surface area (Å²) < 4.78 is 31.6. The Morgan fingerprint density at radius 1 is 0.936 bits per heavy atom. The van der Waals surface area contributed by atoms with Crippen molar-refractivity contribution in [2.75, 3.05) is 38.3 Å². The number of nitrogens with one attached hydrogen (secondary N) is 2. The lowest BCUT2D eigenvalue weighted by Gasteiger charge is -2.37. The van der Waals surface area contributed by atoms with Crippen LogP contribution < -0.4 is 14.9 Å². The van der Waals surface area contributed by atoms with Gasteiger partial charge in [0, 0.05) is 37.9 Å². The first kappa shape index (κ1) is 36.1. The number of carbonyl (C=O) groups is 2. The minimum atomic E-state index is -3.70. The number of methoxy groups -OCH3 is 1.